The van der Waals surface area contributed by atoms with E-state index in [1.807, 2.05) is 0 Å². The predicted octanol–water partition coefficient (Wildman–Crippen LogP) is -0.853. The molecule has 23 heavy (non-hydrogen) atoms. The third-order valence-electron chi connectivity index (χ3n) is 5.07. The molecule has 0 radical (unpaired) electrons. The third kappa shape index (κ3) is 2.72. The van der Waals surface area contributed by atoms with Crippen LogP contribution in [-0.4, -0.2) is 0 Å². The zero-order chi connectivity index (χ0) is 13.8. The molecule has 2 aromatic carbocycles. The number of hydrogen-bond acceptors (Lipinski definition) is 0. The number of hydrogen-bond donors (Lipinski definition) is 0. The Morgan fingerprint density at radius 2 is 1.09 bits per heavy atom. The summed E-state index contributed by atoms with van der Waals surface area (Å²) in [6, 6.07) is 18.2. The number of fused-ring (bicyclic) bond motifs is 6. The number of rotatable bonds is 0. The van der Waals surface area contributed by atoms with Crippen LogP contribution in [0.25, 0.3) is 12.2 Å². The van der Waals surface area contributed by atoms with E-state index in [4.69, 9.17) is 0 Å². The molecule has 0 unspecified atom stereocenters. The van der Waals surface area contributed by atoms with E-state index < -0.39 is 23.2 Å². The first-order valence-corrected chi connectivity index (χ1v) is 10.6. The second-order valence-electron chi connectivity index (χ2n) is 6.23. The fraction of sp³-hybridized carbons (Fsp3) is 0.200. The van der Waals surface area contributed by atoms with Gasteiger partial charge >= 0.3 is 137 Å². The van der Waals surface area contributed by atoms with Gasteiger partial charge in [-0.25, -0.2) is 0 Å². The van der Waals surface area contributed by atoms with Crippen molar-refractivity contribution in [3.05, 3.63) is 81.9 Å². The summed E-state index contributed by atoms with van der Waals surface area (Å²) in [7, 11) is 0. The van der Waals surface area contributed by atoms with Crippen molar-refractivity contribution in [1.82, 2.24) is 0 Å². The van der Waals surface area contributed by atoms with Gasteiger partial charge in [-0.15, -0.1) is 0 Å². The first-order valence-electron chi connectivity index (χ1n) is 7.75. The molecular formula is C20H16Cl2Zr. The van der Waals surface area contributed by atoms with Gasteiger partial charge in [-0.05, 0) is 0 Å². The van der Waals surface area contributed by atoms with Gasteiger partial charge in [0.1, 0.15) is 0 Å². The number of halogens is 2. The van der Waals surface area contributed by atoms with Crippen LogP contribution in [0.15, 0.2) is 59.7 Å². The molecule has 114 valence electrons. The standard InChI is InChI=1S/C20H16.2ClH.Zr/c1-2-6-18-12-15(11-17(18)5-1)9-10-16-13-19-7-3-4-8-20(19)14-16;;;/h1-8,11-14H,9-10H2;2*1H;/q;;;+2/p-2. The summed E-state index contributed by atoms with van der Waals surface area (Å²) in [6.45, 7) is 0. The topological polar surface area (TPSA) is 0 Å². The van der Waals surface area contributed by atoms with Crippen molar-refractivity contribution in [3.8, 4) is 0 Å². The molecule has 3 aliphatic rings. The molecule has 1 aliphatic heterocycles. The Kier molecular flexibility index (Phi) is 5.02. The Labute approximate surface area is 161 Å². The Bertz CT molecular complexity index is 739. The van der Waals surface area contributed by atoms with Gasteiger partial charge in [0.25, 0.3) is 0 Å². The van der Waals surface area contributed by atoms with Crippen LogP contribution in [0, 0.1) is 0 Å². The molecule has 0 saturated carbocycles. The first kappa shape index (κ1) is 17.2. The van der Waals surface area contributed by atoms with Crippen molar-refractivity contribution in [1.29, 1.82) is 0 Å². The minimum Gasteiger partial charge on any atom is -1.00 e. The number of benzene rings is 2. The van der Waals surface area contributed by atoms with Crippen molar-refractivity contribution in [2.24, 2.45) is 0 Å². The number of allylic oxidation sites excluding steroid dienone is 2. The molecule has 3 heteroatoms. The molecule has 0 nitrogen and oxygen atoms in total. The molecule has 0 aromatic heterocycles. The van der Waals surface area contributed by atoms with Crippen LogP contribution in [0.1, 0.15) is 42.3 Å². The van der Waals surface area contributed by atoms with Crippen molar-refractivity contribution >= 4 is 12.2 Å². The fourth-order valence-electron chi connectivity index (χ4n) is 4.06. The van der Waals surface area contributed by atoms with Gasteiger partial charge in [0.05, 0.1) is 0 Å². The van der Waals surface area contributed by atoms with Crippen LogP contribution >= 0.6 is 0 Å². The summed E-state index contributed by atoms with van der Waals surface area (Å²) in [6.07, 6.45) is 7.54. The summed E-state index contributed by atoms with van der Waals surface area (Å²) in [5.41, 5.74) is 9.72. The molecule has 0 bridgehead atoms. The molecule has 0 N–H and O–H groups in total. The minimum absolute atomic E-state index is 0. The molecule has 5 rings (SSSR count). The molecule has 1 fully saturated rings. The van der Waals surface area contributed by atoms with Crippen LogP contribution < -0.4 is 24.8 Å². The maximum absolute atomic E-state index is 2.49. The maximum Gasteiger partial charge on any atom is -1.00 e. The van der Waals surface area contributed by atoms with E-state index in [1.54, 1.807) is 22.3 Å². The molecule has 0 spiro atoms. The average Bonchev–Trinajstić information content (AvgIpc) is 3.00. The van der Waals surface area contributed by atoms with E-state index in [9.17, 15) is 0 Å². The molecule has 1 heterocycles. The van der Waals surface area contributed by atoms with Crippen molar-refractivity contribution in [2.45, 2.75) is 20.1 Å². The van der Waals surface area contributed by atoms with E-state index in [-0.39, 0.29) is 24.8 Å². The molecule has 2 atom stereocenters. The van der Waals surface area contributed by atoms with Crippen LogP contribution in [0.5, 0.6) is 0 Å². The van der Waals surface area contributed by atoms with Crippen molar-refractivity contribution in [2.75, 3.05) is 0 Å². The summed E-state index contributed by atoms with van der Waals surface area (Å²) < 4.78 is 1.62. The Hall–Kier alpha value is -0.617. The quantitative estimate of drug-likeness (QED) is 0.523. The summed E-state index contributed by atoms with van der Waals surface area (Å²) in [4.78, 5) is 0. The SMILES string of the molecule is C1=C2CCC3=Cc4ccccc4[C@H]3[Zr+2][C@H]2c2ccccc21.[Cl-].[Cl-]. The van der Waals surface area contributed by atoms with Crippen molar-refractivity contribution in [3.63, 3.8) is 0 Å². The maximum atomic E-state index is 2.49. The van der Waals surface area contributed by atoms with Crippen LogP contribution in [0.2, 0.25) is 0 Å². The van der Waals surface area contributed by atoms with E-state index >= 15 is 0 Å². The molecule has 1 saturated heterocycles. The summed E-state index contributed by atoms with van der Waals surface area (Å²) in [5, 5.41) is 0. The smallest absolute Gasteiger partial charge is 1.00 e. The van der Waals surface area contributed by atoms with Crippen LogP contribution in [0.4, 0.5) is 0 Å². The molecule has 2 aromatic rings. The van der Waals surface area contributed by atoms with Gasteiger partial charge in [0.2, 0.25) is 0 Å². The Balaban J connectivity index is 0.000000781. The van der Waals surface area contributed by atoms with Gasteiger partial charge < -0.3 is 24.8 Å². The largest absolute Gasteiger partial charge is 1.00 e. The Morgan fingerprint density at radius 1 is 0.652 bits per heavy atom. The predicted molar refractivity (Wildman–Crippen MR) is 83.6 cm³/mol. The second kappa shape index (κ2) is 6.71. The molecule has 0 amide bonds. The molecular weight excluding hydrogens is 402 g/mol. The van der Waals surface area contributed by atoms with E-state index in [2.05, 4.69) is 60.7 Å². The summed E-state index contributed by atoms with van der Waals surface area (Å²) >= 11 is -0.553. The third-order valence-corrected chi connectivity index (χ3v) is 10.1. The average molecular weight is 418 g/mol. The van der Waals surface area contributed by atoms with Gasteiger partial charge in [-0.3, -0.25) is 0 Å². The van der Waals surface area contributed by atoms with Crippen LogP contribution in [0.3, 0.4) is 0 Å². The van der Waals surface area contributed by atoms with Gasteiger partial charge in [0, 0.05) is 0 Å². The van der Waals surface area contributed by atoms with Gasteiger partial charge in [0.15, 0.2) is 0 Å². The van der Waals surface area contributed by atoms with E-state index in [0.29, 0.717) is 0 Å². The summed E-state index contributed by atoms with van der Waals surface area (Å²) in [5.74, 6) is 0. The monoisotopic (exact) mass is 416 g/mol. The fourth-order valence-corrected chi connectivity index (χ4v) is 9.22. The second-order valence-corrected chi connectivity index (χ2v) is 9.89. The van der Waals surface area contributed by atoms with Crippen molar-refractivity contribution < 1.29 is 48.0 Å². The van der Waals surface area contributed by atoms with E-state index in [0.717, 1.165) is 7.25 Å². The Morgan fingerprint density at radius 3 is 1.57 bits per heavy atom. The van der Waals surface area contributed by atoms with Crippen LogP contribution in [-0.2, 0) is 23.2 Å². The zero-order valence-corrected chi connectivity index (χ0v) is 16.6. The first-order chi connectivity index (χ1) is 10.4. The normalized spacial score (nSPS) is 22.3. The molecule has 2 aliphatic carbocycles. The van der Waals surface area contributed by atoms with E-state index in [1.165, 1.54) is 24.0 Å². The minimum atomic E-state index is -0.553. The van der Waals surface area contributed by atoms with Gasteiger partial charge in [-0.1, -0.05) is 0 Å². The van der Waals surface area contributed by atoms with Gasteiger partial charge in [-0.2, -0.15) is 0 Å². The zero-order valence-electron chi connectivity index (χ0n) is 12.6.